The van der Waals surface area contributed by atoms with Crippen molar-refractivity contribution in [1.29, 1.82) is 0 Å². The molecule has 0 fully saturated rings. The zero-order chi connectivity index (χ0) is 10.9. The summed E-state index contributed by atoms with van der Waals surface area (Å²) in [6.07, 6.45) is -3.78. The van der Waals surface area contributed by atoms with Crippen LogP contribution in [0.5, 0.6) is 5.75 Å². The van der Waals surface area contributed by atoms with Crippen LogP contribution in [-0.2, 0) is 12.8 Å². The first kappa shape index (κ1) is 14.0. The van der Waals surface area contributed by atoms with E-state index in [1.165, 1.54) is 6.92 Å². The molecule has 1 heterocycles. The highest BCUT2D eigenvalue weighted by Crippen LogP contribution is 2.38. The minimum absolute atomic E-state index is 0. The number of alkyl halides is 3. The Kier molecular flexibility index (Phi) is 4.36. The summed E-state index contributed by atoms with van der Waals surface area (Å²) in [5.41, 5.74) is -1.76. The first-order chi connectivity index (χ1) is 6.38. The Morgan fingerprint density at radius 3 is 2.33 bits per heavy atom. The Morgan fingerprint density at radius 1 is 1.40 bits per heavy atom. The van der Waals surface area contributed by atoms with E-state index in [0.29, 0.717) is 0 Å². The molecule has 0 amide bonds. The van der Waals surface area contributed by atoms with E-state index in [1.807, 2.05) is 0 Å². The molecule has 86 valence electrons. The SMILES string of the molecule is Cc1ncc(CO)c(C(F)(F)F)c1O.Cl. The molecular weight excluding hydrogens is 235 g/mol. The number of nitrogens with zero attached hydrogens (tertiary/aromatic N) is 1. The molecule has 0 saturated carbocycles. The molecule has 0 atom stereocenters. The molecule has 0 radical (unpaired) electrons. The van der Waals surface area contributed by atoms with Gasteiger partial charge in [0, 0.05) is 11.8 Å². The van der Waals surface area contributed by atoms with E-state index in [4.69, 9.17) is 10.2 Å². The Hall–Kier alpha value is -1.01. The number of aryl methyl sites for hydroxylation is 1. The van der Waals surface area contributed by atoms with Crippen LogP contribution in [0.1, 0.15) is 16.8 Å². The highest BCUT2D eigenvalue weighted by Gasteiger charge is 2.37. The maximum Gasteiger partial charge on any atom is 0.420 e. The molecule has 15 heavy (non-hydrogen) atoms. The Bertz CT molecular complexity index is 354. The summed E-state index contributed by atoms with van der Waals surface area (Å²) in [6.45, 7) is 0.446. The molecule has 1 rings (SSSR count). The lowest BCUT2D eigenvalue weighted by Gasteiger charge is -2.13. The molecule has 7 heteroatoms. The fourth-order valence-corrected chi connectivity index (χ4v) is 1.07. The standard InChI is InChI=1S/C8H8F3NO2.ClH/c1-4-7(14)6(8(9,10)11)5(3-13)2-12-4;/h2,13-14H,3H2,1H3;1H. The van der Waals surface area contributed by atoms with Crippen molar-refractivity contribution in [2.24, 2.45) is 0 Å². The highest BCUT2D eigenvalue weighted by molar-refractivity contribution is 5.85. The molecule has 0 aromatic carbocycles. The lowest BCUT2D eigenvalue weighted by molar-refractivity contribution is -0.140. The highest BCUT2D eigenvalue weighted by atomic mass is 35.5. The molecule has 0 saturated heterocycles. The van der Waals surface area contributed by atoms with Crippen molar-refractivity contribution in [2.75, 3.05) is 0 Å². The lowest BCUT2D eigenvalue weighted by atomic mass is 10.1. The number of aliphatic hydroxyl groups is 1. The number of aromatic hydroxyl groups is 1. The minimum atomic E-state index is -4.68. The van der Waals surface area contributed by atoms with E-state index in [9.17, 15) is 13.2 Å². The van der Waals surface area contributed by atoms with Gasteiger partial charge in [-0.2, -0.15) is 13.2 Å². The molecular formula is C8H9ClF3NO2. The predicted octanol–water partition coefficient (Wildman–Crippen LogP) is 2.03. The van der Waals surface area contributed by atoms with Crippen molar-refractivity contribution < 1.29 is 23.4 Å². The summed E-state index contributed by atoms with van der Waals surface area (Å²) in [7, 11) is 0. The number of rotatable bonds is 1. The molecule has 1 aromatic rings. The molecule has 3 nitrogen and oxygen atoms in total. The first-order valence-electron chi connectivity index (χ1n) is 3.73. The van der Waals surface area contributed by atoms with E-state index in [1.54, 1.807) is 0 Å². The maximum atomic E-state index is 12.4. The van der Waals surface area contributed by atoms with E-state index in [-0.39, 0.29) is 18.1 Å². The normalized spacial score (nSPS) is 11.0. The minimum Gasteiger partial charge on any atom is -0.505 e. The van der Waals surface area contributed by atoms with Crippen molar-refractivity contribution in [3.05, 3.63) is 23.0 Å². The van der Waals surface area contributed by atoms with Gasteiger partial charge in [-0.05, 0) is 6.92 Å². The Morgan fingerprint density at radius 2 is 1.93 bits per heavy atom. The van der Waals surface area contributed by atoms with Gasteiger partial charge in [0.1, 0.15) is 11.3 Å². The zero-order valence-corrected chi connectivity index (χ0v) is 8.48. The molecule has 2 N–H and O–H groups in total. The molecule has 1 aromatic heterocycles. The van der Waals surface area contributed by atoms with E-state index in [0.717, 1.165) is 6.20 Å². The quantitative estimate of drug-likeness (QED) is 0.794. The van der Waals surface area contributed by atoms with Crippen molar-refractivity contribution in [1.82, 2.24) is 4.98 Å². The Labute approximate surface area is 90.0 Å². The zero-order valence-electron chi connectivity index (χ0n) is 7.67. The second kappa shape index (κ2) is 4.67. The number of hydrogen-bond donors (Lipinski definition) is 2. The van der Waals surface area contributed by atoms with Gasteiger partial charge in [0.15, 0.2) is 0 Å². The number of hydrogen-bond acceptors (Lipinski definition) is 3. The maximum absolute atomic E-state index is 12.4. The number of aromatic nitrogens is 1. The third kappa shape index (κ3) is 2.73. The lowest BCUT2D eigenvalue weighted by Crippen LogP contribution is -2.11. The monoisotopic (exact) mass is 243 g/mol. The largest absolute Gasteiger partial charge is 0.505 e. The van der Waals surface area contributed by atoms with Gasteiger partial charge in [-0.25, -0.2) is 0 Å². The van der Waals surface area contributed by atoms with Gasteiger partial charge < -0.3 is 10.2 Å². The van der Waals surface area contributed by atoms with Gasteiger partial charge in [-0.15, -0.1) is 12.4 Å². The molecule has 0 aliphatic heterocycles. The van der Waals surface area contributed by atoms with Crippen LogP contribution >= 0.6 is 12.4 Å². The molecule has 0 unspecified atom stereocenters. The van der Waals surface area contributed by atoms with E-state index >= 15 is 0 Å². The molecule has 0 aliphatic carbocycles. The van der Waals surface area contributed by atoms with Gasteiger partial charge in [0.25, 0.3) is 0 Å². The first-order valence-corrected chi connectivity index (χ1v) is 3.73. The van der Waals surface area contributed by atoms with Gasteiger partial charge in [-0.3, -0.25) is 4.98 Å². The van der Waals surface area contributed by atoms with Crippen LogP contribution in [0.15, 0.2) is 6.20 Å². The second-order valence-electron chi connectivity index (χ2n) is 2.75. The third-order valence-electron chi connectivity index (χ3n) is 1.77. The summed E-state index contributed by atoms with van der Waals surface area (Å²) >= 11 is 0. The van der Waals surface area contributed by atoms with Crippen molar-refractivity contribution in [3.8, 4) is 5.75 Å². The van der Waals surface area contributed by atoms with Crippen LogP contribution in [0.3, 0.4) is 0 Å². The third-order valence-corrected chi connectivity index (χ3v) is 1.77. The van der Waals surface area contributed by atoms with Gasteiger partial charge >= 0.3 is 6.18 Å². The summed E-state index contributed by atoms with van der Waals surface area (Å²) in [4.78, 5) is 3.51. The van der Waals surface area contributed by atoms with Crippen molar-refractivity contribution in [3.63, 3.8) is 0 Å². The molecule has 0 bridgehead atoms. The fraction of sp³-hybridized carbons (Fsp3) is 0.375. The second-order valence-corrected chi connectivity index (χ2v) is 2.75. The predicted molar refractivity (Wildman–Crippen MR) is 48.8 cm³/mol. The summed E-state index contributed by atoms with van der Waals surface area (Å²) in [5.74, 6) is -0.927. The van der Waals surface area contributed by atoms with Crippen molar-refractivity contribution in [2.45, 2.75) is 19.7 Å². The van der Waals surface area contributed by atoms with Crippen molar-refractivity contribution >= 4 is 12.4 Å². The number of aliphatic hydroxyl groups excluding tert-OH is 1. The van der Waals surface area contributed by atoms with Crippen LogP contribution in [0, 0.1) is 6.92 Å². The number of halogens is 4. The van der Waals surface area contributed by atoms with Gasteiger partial charge in [0.2, 0.25) is 0 Å². The average Bonchev–Trinajstić information content (AvgIpc) is 2.07. The van der Waals surface area contributed by atoms with E-state index < -0.39 is 29.7 Å². The molecule has 0 spiro atoms. The Balaban J connectivity index is 0.00000196. The number of pyridine rings is 1. The van der Waals surface area contributed by atoms with Gasteiger partial charge in [-0.1, -0.05) is 0 Å². The topological polar surface area (TPSA) is 53.4 Å². The van der Waals surface area contributed by atoms with Crippen LogP contribution in [0.25, 0.3) is 0 Å². The summed E-state index contributed by atoms with van der Waals surface area (Å²) in [5, 5.41) is 17.8. The van der Waals surface area contributed by atoms with Gasteiger partial charge in [0.05, 0.1) is 12.3 Å². The van der Waals surface area contributed by atoms with Crippen LogP contribution < -0.4 is 0 Å². The summed E-state index contributed by atoms with van der Waals surface area (Å²) in [6, 6.07) is 0. The van der Waals surface area contributed by atoms with Crippen LogP contribution in [0.4, 0.5) is 13.2 Å². The average molecular weight is 244 g/mol. The van der Waals surface area contributed by atoms with Crippen LogP contribution in [-0.4, -0.2) is 15.2 Å². The van der Waals surface area contributed by atoms with E-state index in [2.05, 4.69) is 4.98 Å². The fourth-order valence-electron chi connectivity index (χ4n) is 1.07. The smallest absolute Gasteiger partial charge is 0.420 e. The summed E-state index contributed by atoms with van der Waals surface area (Å²) < 4.78 is 37.1. The molecule has 0 aliphatic rings. The van der Waals surface area contributed by atoms with Crippen LogP contribution in [0.2, 0.25) is 0 Å².